The van der Waals surface area contributed by atoms with Gasteiger partial charge in [-0.25, -0.2) is 9.67 Å². The van der Waals surface area contributed by atoms with Crippen molar-refractivity contribution in [3.63, 3.8) is 0 Å². The maximum absolute atomic E-state index is 13.4. The fourth-order valence-electron chi connectivity index (χ4n) is 3.90. The Labute approximate surface area is 159 Å². The van der Waals surface area contributed by atoms with E-state index in [1.54, 1.807) is 11.0 Å². The van der Waals surface area contributed by atoms with E-state index in [-0.39, 0.29) is 17.4 Å². The third-order valence-corrected chi connectivity index (χ3v) is 5.90. The quantitative estimate of drug-likeness (QED) is 0.693. The highest BCUT2D eigenvalue weighted by molar-refractivity contribution is 5.89. The van der Waals surface area contributed by atoms with E-state index in [0.717, 1.165) is 36.1 Å². The first-order valence-electron chi connectivity index (χ1n) is 9.39. The summed E-state index contributed by atoms with van der Waals surface area (Å²) < 4.78 is 1.72. The Morgan fingerprint density at radius 3 is 2.37 bits per heavy atom. The lowest BCUT2D eigenvalue weighted by atomic mass is 9.63. The van der Waals surface area contributed by atoms with E-state index < -0.39 is 0 Å². The molecule has 1 atom stereocenters. The van der Waals surface area contributed by atoms with Crippen molar-refractivity contribution in [3.05, 3.63) is 78.4 Å². The first-order valence-corrected chi connectivity index (χ1v) is 9.39. The number of hydrogen-bond donors (Lipinski definition) is 0. The molecule has 4 rings (SSSR count). The minimum Gasteiger partial charge on any atom is -0.338 e. The molecule has 3 aromatic rings. The second kappa shape index (κ2) is 6.99. The maximum Gasteiger partial charge on any atom is 0.233 e. The maximum atomic E-state index is 13.4. The standard InChI is InChI=1S/C22H24N4O/c1-17(18-9-11-20(12-10-18)26-16-23-15-24-26)25(2)21(27)22(13-6-14-22)19-7-4-3-5-8-19/h3-5,7-12,15-17H,6,13-14H2,1-2H3/t17-/m0/s1. The van der Waals surface area contributed by atoms with Crippen LogP contribution in [0.25, 0.3) is 5.69 Å². The van der Waals surface area contributed by atoms with Crippen LogP contribution in [0.15, 0.2) is 67.3 Å². The van der Waals surface area contributed by atoms with Gasteiger partial charge >= 0.3 is 0 Å². The van der Waals surface area contributed by atoms with Gasteiger partial charge in [-0.2, -0.15) is 5.10 Å². The van der Waals surface area contributed by atoms with Gasteiger partial charge in [0, 0.05) is 7.05 Å². The highest BCUT2D eigenvalue weighted by Gasteiger charge is 2.47. The molecule has 1 aliphatic carbocycles. The Kier molecular flexibility index (Phi) is 4.52. The molecule has 1 aromatic heterocycles. The zero-order valence-electron chi connectivity index (χ0n) is 15.7. The SMILES string of the molecule is C[C@@H](c1ccc(-n2cncn2)cc1)N(C)C(=O)C1(c2ccccc2)CCC1. The molecule has 0 radical (unpaired) electrons. The first kappa shape index (κ1) is 17.5. The predicted molar refractivity (Wildman–Crippen MR) is 105 cm³/mol. The second-order valence-electron chi connectivity index (χ2n) is 7.33. The topological polar surface area (TPSA) is 51.0 Å². The number of nitrogens with zero attached hydrogens (tertiary/aromatic N) is 4. The van der Waals surface area contributed by atoms with Crippen LogP contribution in [0, 0.1) is 0 Å². The normalized spacial score (nSPS) is 16.4. The number of aromatic nitrogens is 3. The van der Waals surface area contributed by atoms with Crippen LogP contribution < -0.4 is 0 Å². The molecule has 1 saturated carbocycles. The zero-order valence-corrected chi connectivity index (χ0v) is 15.7. The lowest BCUT2D eigenvalue weighted by Crippen LogP contribution is -2.50. The molecule has 1 amide bonds. The smallest absolute Gasteiger partial charge is 0.233 e. The summed E-state index contributed by atoms with van der Waals surface area (Å²) in [6.07, 6.45) is 6.16. The fourth-order valence-corrected chi connectivity index (χ4v) is 3.90. The van der Waals surface area contributed by atoms with E-state index in [1.807, 2.05) is 42.3 Å². The third-order valence-electron chi connectivity index (χ3n) is 5.90. The highest BCUT2D eigenvalue weighted by Crippen LogP contribution is 2.46. The van der Waals surface area contributed by atoms with E-state index in [2.05, 4.69) is 41.3 Å². The Hall–Kier alpha value is -2.95. The van der Waals surface area contributed by atoms with Crippen LogP contribution in [0.4, 0.5) is 0 Å². The summed E-state index contributed by atoms with van der Waals surface area (Å²) in [4.78, 5) is 19.3. The van der Waals surface area contributed by atoms with Crippen LogP contribution in [0.2, 0.25) is 0 Å². The molecule has 27 heavy (non-hydrogen) atoms. The van der Waals surface area contributed by atoms with Crippen molar-refractivity contribution in [2.45, 2.75) is 37.6 Å². The average Bonchev–Trinajstić information content (AvgIpc) is 3.22. The minimum atomic E-state index is -0.356. The number of amides is 1. The van der Waals surface area contributed by atoms with Gasteiger partial charge in [-0.1, -0.05) is 48.9 Å². The van der Waals surface area contributed by atoms with Gasteiger partial charge in [-0.05, 0) is 43.0 Å². The molecule has 0 unspecified atom stereocenters. The molecule has 0 saturated heterocycles. The van der Waals surface area contributed by atoms with E-state index >= 15 is 0 Å². The van der Waals surface area contributed by atoms with Gasteiger partial charge < -0.3 is 4.90 Å². The number of benzene rings is 2. The Bertz CT molecular complexity index is 899. The molecule has 0 aliphatic heterocycles. The Balaban J connectivity index is 1.55. The molecule has 1 fully saturated rings. The molecule has 1 aliphatic rings. The van der Waals surface area contributed by atoms with Gasteiger partial charge in [-0.15, -0.1) is 0 Å². The average molecular weight is 360 g/mol. The molecule has 0 spiro atoms. The van der Waals surface area contributed by atoms with Gasteiger partial charge in [0.15, 0.2) is 0 Å². The molecule has 0 bridgehead atoms. The van der Waals surface area contributed by atoms with Crippen LogP contribution >= 0.6 is 0 Å². The third kappa shape index (κ3) is 3.03. The summed E-state index contributed by atoms with van der Waals surface area (Å²) in [6, 6.07) is 18.4. The van der Waals surface area contributed by atoms with Gasteiger partial charge in [0.25, 0.3) is 0 Å². The molecular weight excluding hydrogens is 336 g/mol. The summed E-state index contributed by atoms with van der Waals surface area (Å²) in [7, 11) is 1.92. The molecular formula is C22H24N4O. The van der Waals surface area contributed by atoms with Crippen molar-refractivity contribution in [1.82, 2.24) is 19.7 Å². The first-order chi connectivity index (χ1) is 13.1. The van der Waals surface area contributed by atoms with E-state index in [9.17, 15) is 4.79 Å². The number of hydrogen-bond acceptors (Lipinski definition) is 3. The Morgan fingerprint density at radius 1 is 1.11 bits per heavy atom. The van der Waals surface area contributed by atoms with Crippen molar-refractivity contribution >= 4 is 5.91 Å². The number of likely N-dealkylation sites (N-methyl/N-ethyl adjacent to an activating group) is 1. The van der Waals surface area contributed by atoms with E-state index in [1.165, 1.54) is 6.33 Å². The van der Waals surface area contributed by atoms with Crippen molar-refractivity contribution in [2.24, 2.45) is 0 Å². The summed E-state index contributed by atoms with van der Waals surface area (Å²) in [5, 5.41) is 4.15. The molecule has 1 heterocycles. The van der Waals surface area contributed by atoms with Crippen LogP contribution in [0.1, 0.15) is 43.4 Å². The number of carbonyl (C=O) groups excluding carboxylic acids is 1. The predicted octanol–water partition coefficient (Wildman–Crippen LogP) is 3.91. The van der Waals surface area contributed by atoms with Gasteiger partial charge in [0.1, 0.15) is 12.7 Å². The minimum absolute atomic E-state index is 0.00323. The van der Waals surface area contributed by atoms with Crippen molar-refractivity contribution in [1.29, 1.82) is 0 Å². The summed E-state index contributed by atoms with van der Waals surface area (Å²) in [6.45, 7) is 2.08. The molecule has 0 N–H and O–H groups in total. The van der Waals surface area contributed by atoms with Gasteiger partial charge in [-0.3, -0.25) is 4.79 Å². The van der Waals surface area contributed by atoms with Crippen LogP contribution in [-0.4, -0.2) is 32.6 Å². The van der Waals surface area contributed by atoms with Gasteiger partial charge in [0.05, 0.1) is 17.1 Å². The second-order valence-corrected chi connectivity index (χ2v) is 7.33. The largest absolute Gasteiger partial charge is 0.338 e. The molecule has 5 heteroatoms. The molecule has 5 nitrogen and oxygen atoms in total. The monoisotopic (exact) mass is 360 g/mol. The van der Waals surface area contributed by atoms with Crippen LogP contribution in [0.5, 0.6) is 0 Å². The Morgan fingerprint density at radius 2 is 1.81 bits per heavy atom. The van der Waals surface area contributed by atoms with E-state index in [0.29, 0.717) is 0 Å². The fraction of sp³-hybridized carbons (Fsp3) is 0.318. The van der Waals surface area contributed by atoms with Gasteiger partial charge in [0.2, 0.25) is 5.91 Å². The van der Waals surface area contributed by atoms with Crippen LogP contribution in [0.3, 0.4) is 0 Å². The molecule has 2 aromatic carbocycles. The van der Waals surface area contributed by atoms with Crippen molar-refractivity contribution in [3.8, 4) is 5.69 Å². The lowest BCUT2D eigenvalue weighted by Gasteiger charge is -2.44. The van der Waals surface area contributed by atoms with Crippen molar-refractivity contribution < 1.29 is 4.79 Å². The lowest BCUT2D eigenvalue weighted by molar-refractivity contribution is -0.141. The number of carbonyl (C=O) groups is 1. The summed E-state index contributed by atoms with van der Waals surface area (Å²) >= 11 is 0. The highest BCUT2D eigenvalue weighted by atomic mass is 16.2. The molecule has 138 valence electrons. The summed E-state index contributed by atoms with van der Waals surface area (Å²) in [5.74, 6) is 0.216. The van der Waals surface area contributed by atoms with Crippen LogP contribution in [-0.2, 0) is 10.2 Å². The summed E-state index contributed by atoms with van der Waals surface area (Å²) in [5.41, 5.74) is 2.85. The zero-order chi connectivity index (χ0) is 18.9. The van der Waals surface area contributed by atoms with Crippen molar-refractivity contribution in [2.75, 3.05) is 7.05 Å². The number of rotatable bonds is 5. The van der Waals surface area contributed by atoms with E-state index in [4.69, 9.17) is 0 Å².